The van der Waals surface area contributed by atoms with E-state index in [1.807, 2.05) is 6.92 Å². The second-order valence-corrected chi connectivity index (χ2v) is 8.99. The lowest BCUT2D eigenvalue weighted by Gasteiger charge is -2.42. The minimum absolute atomic E-state index is 0.0121. The molecule has 0 spiro atoms. The van der Waals surface area contributed by atoms with Gasteiger partial charge in [-0.1, -0.05) is 0 Å². The zero-order valence-electron chi connectivity index (χ0n) is 12.9. The molecule has 0 aromatic rings. The molecule has 20 heavy (non-hydrogen) atoms. The molecule has 4 nitrogen and oxygen atoms in total. The third kappa shape index (κ3) is 5.26. The normalized spacial score (nSPS) is 23.1. The minimum atomic E-state index is -3.37. The van der Waals surface area contributed by atoms with Gasteiger partial charge in [0.05, 0.1) is 18.3 Å². The van der Waals surface area contributed by atoms with Crippen molar-refractivity contribution in [1.29, 1.82) is 0 Å². The number of sulfonamides is 1. The van der Waals surface area contributed by atoms with Gasteiger partial charge in [0.1, 0.15) is 0 Å². The van der Waals surface area contributed by atoms with Crippen molar-refractivity contribution in [3.63, 3.8) is 0 Å². The molecule has 0 aliphatic carbocycles. The van der Waals surface area contributed by atoms with Gasteiger partial charge in [0, 0.05) is 11.6 Å². The van der Waals surface area contributed by atoms with Crippen LogP contribution >= 0.6 is 0 Å². The Hall–Kier alpha value is -0.270. The summed E-state index contributed by atoms with van der Waals surface area (Å²) < 4.78 is 52.3. The van der Waals surface area contributed by atoms with Crippen molar-refractivity contribution in [2.75, 3.05) is 13.1 Å². The van der Waals surface area contributed by atoms with E-state index in [1.165, 1.54) is 0 Å². The van der Waals surface area contributed by atoms with Gasteiger partial charge in [-0.3, -0.25) is 4.90 Å². The van der Waals surface area contributed by atoms with Crippen LogP contribution in [0.2, 0.25) is 0 Å². The second-order valence-electron chi connectivity index (χ2n) is 6.89. The van der Waals surface area contributed by atoms with Crippen LogP contribution in [-0.2, 0) is 10.0 Å². The van der Waals surface area contributed by atoms with Crippen LogP contribution in [0.5, 0.6) is 0 Å². The van der Waals surface area contributed by atoms with E-state index in [2.05, 4.69) is 4.72 Å². The van der Waals surface area contributed by atoms with Gasteiger partial charge >= 0.3 is 0 Å². The zero-order chi connectivity index (χ0) is 15.8. The number of rotatable bonds is 6. The number of hydrogen-bond donors (Lipinski definition) is 1. The molecule has 7 heteroatoms. The standard InChI is InChI=1S/C13H26F2N2O2S/c1-10(17-8-13(14,15)9-17)6-7-11(2)20(18,19)16-12(3,4)5/h10-11,16H,6-9H2,1-5H3. The first-order chi connectivity index (χ1) is 8.82. The summed E-state index contributed by atoms with van der Waals surface area (Å²) in [5.41, 5.74) is -0.502. The first-order valence-corrected chi connectivity index (χ1v) is 8.52. The monoisotopic (exact) mass is 312 g/mol. The van der Waals surface area contributed by atoms with Crippen LogP contribution in [0, 0.1) is 0 Å². The molecule has 2 unspecified atom stereocenters. The molecule has 0 radical (unpaired) electrons. The summed E-state index contributed by atoms with van der Waals surface area (Å²) in [6.07, 6.45) is 1.07. The van der Waals surface area contributed by atoms with Crippen molar-refractivity contribution in [1.82, 2.24) is 9.62 Å². The summed E-state index contributed by atoms with van der Waals surface area (Å²) in [5.74, 6) is -2.57. The highest BCUT2D eigenvalue weighted by atomic mass is 32.2. The van der Waals surface area contributed by atoms with Crippen LogP contribution in [0.4, 0.5) is 8.78 Å². The van der Waals surface area contributed by atoms with Gasteiger partial charge in [-0.15, -0.1) is 0 Å². The highest BCUT2D eigenvalue weighted by Gasteiger charge is 2.45. The molecule has 1 fully saturated rings. The number of nitrogens with zero attached hydrogens (tertiary/aromatic N) is 1. The lowest BCUT2D eigenvalue weighted by molar-refractivity contribution is -0.144. The SMILES string of the molecule is CC(CCC(C)S(=O)(=O)NC(C)(C)C)N1CC(F)(F)C1. The maximum atomic E-state index is 12.8. The molecule has 0 aromatic carbocycles. The Morgan fingerprint density at radius 1 is 1.20 bits per heavy atom. The van der Waals surface area contributed by atoms with Crippen molar-refractivity contribution in [2.24, 2.45) is 0 Å². The van der Waals surface area contributed by atoms with Crippen LogP contribution in [0.3, 0.4) is 0 Å². The number of alkyl halides is 2. The van der Waals surface area contributed by atoms with Crippen molar-refractivity contribution in [3.05, 3.63) is 0 Å². The summed E-state index contributed by atoms with van der Waals surface area (Å²) in [6, 6.07) is -0.0121. The highest BCUT2D eigenvalue weighted by Crippen LogP contribution is 2.29. The minimum Gasteiger partial charge on any atom is -0.289 e. The molecule has 1 N–H and O–H groups in total. The van der Waals surface area contributed by atoms with Crippen LogP contribution < -0.4 is 4.72 Å². The highest BCUT2D eigenvalue weighted by molar-refractivity contribution is 7.90. The summed E-state index contributed by atoms with van der Waals surface area (Å²) in [5, 5.41) is -0.522. The second kappa shape index (κ2) is 5.85. The van der Waals surface area contributed by atoms with E-state index in [9.17, 15) is 17.2 Å². The lowest BCUT2D eigenvalue weighted by Crippen LogP contribution is -2.59. The molecule has 0 amide bonds. The lowest BCUT2D eigenvalue weighted by atomic mass is 10.0. The van der Waals surface area contributed by atoms with Gasteiger partial charge in [-0.05, 0) is 47.5 Å². The molecular formula is C13H26F2N2O2S. The summed E-state index contributed by atoms with van der Waals surface area (Å²) in [4.78, 5) is 1.69. The van der Waals surface area contributed by atoms with Crippen LogP contribution in [-0.4, -0.2) is 49.2 Å². The molecule has 0 saturated carbocycles. The molecule has 2 atom stereocenters. The smallest absolute Gasteiger partial charge is 0.272 e. The Bertz CT molecular complexity index is 424. The van der Waals surface area contributed by atoms with Gasteiger partial charge in [-0.25, -0.2) is 21.9 Å². The van der Waals surface area contributed by atoms with E-state index in [4.69, 9.17) is 0 Å². The third-order valence-electron chi connectivity index (χ3n) is 3.46. The largest absolute Gasteiger partial charge is 0.289 e. The van der Waals surface area contributed by atoms with Crippen LogP contribution in [0.15, 0.2) is 0 Å². The molecule has 1 aliphatic rings. The summed E-state index contributed by atoms with van der Waals surface area (Å²) >= 11 is 0. The van der Waals surface area contributed by atoms with E-state index in [-0.39, 0.29) is 19.1 Å². The number of nitrogens with one attached hydrogen (secondary N) is 1. The summed E-state index contributed by atoms with van der Waals surface area (Å²) in [7, 11) is -3.37. The van der Waals surface area contributed by atoms with E-state index in [0.29, 0.717) is 12.8 Å². The molecular weight excluding hydrogens is 286 g/mol. The fourth-order valence-corrected chi connectivity index (χ4v) is 3.70. The van der Waals surface area contributed by atoms with Gasteiger partial charge in [0.25, 0.3) is 5.92 Å². The van der Waals surface area contributed by atoms with Gasteiger partial charge < -0.3 is 0 Å². The fraction of sp³-hybridized carbons (Fsp3) is 1.00. The van der Waals surface area contributed by atoms with Crippen molar-refractivity contribution in [3.8, 4) is 0 Å². The van der Waals surface area contributed by atoms with Crippen molar-refractivity contribution >= 4 is 10.0 Å². The van der Waals surface area contributed by atoms with Gasteiger partial charge in [0.2, 0.25) is 10.0 Å². The molecule has 1 aliphatic heterocycles. The Labute approximate surface area is 121 Å². The first-order valence-electron chi connectivity index (χ1n) is 6.97. The molecule has 0 aromatic heterocycles. The fourth-order valence-electron chi connectivity index (χ4n) is 2.20. The van der Waals surface area contributed by atoms with Gasteiger partial charge in [0.15, 0.2) is 0 Å². The Morgan fingerprint density at radius 2 is 1.70 bits per heavy atom. The maximum absolute atomic E-state index is 12.8. The van der Waals surface area contributed by atoms with Crippen LogP contribution in [0.25, 0.3) is 0 Å². The molecule has 120 valence electrons. The molecule has 0 bridgehead atoms. The predicted molar refractivity (Wildman–Crippen MR) is 76.5 cm³/mol. The number of halogens is 2. The predicted octanol–water partition coefficient (Wildman–Crippen LogP) is 2.21. The zero-order valence-corrected chi connectivity index (χ0v) is 13.7. The Morgan fingerprint density at radius 3 is 2.10 bits per heavy atom. The quantitative estimate of drug-likeness (QED) is 0.818. The van der Waals surface area contributed by atoms with E-state index in [1.54, 1.807) is 32.6 Å². The van der Waals surface area contributed by atoms with E-state index >= 15 is 0 Å². The molecule has 1 heterocycles. The number of hydrogen-bond acceptors (Lipinski definition) is 3. The van der Waals surface area contributed by atoms with Crippen molar-refractivity contribution < 1.29 is 17.2 Å². The average molecular weight is 312 g/mol. The number of likely N-dealkylation sites (tertiary alicyclic amines) is 1. The molecule has 1 rings (SSSR count). The topological polar surface area (TPSA) is 49.4 Å². The summed E-state index contributed by atoms with van der Waals surface area (Å²) in [6.45, 7) is 8.48. The molecule has 1 saturated heterocycles. The van der Waals surface area contributed by atoms with Gasteiger partial charge in [-0.2, -0.15) is 0 Å². The third-order valence-corrected chi connectivity index (χ3v) is 5.65. The van der Waals surface area contributed by atoms with E-state index < -0.39 is 26.7 Å². The van der Waals surface area contributed by atoms with Crippen LogP contribution in [0.1, 0.15) is 47.5 Å². The van der Waals surface area contributed by atoms with Crippen molar-refractivity contribution in [2.45, 2.75) is 70.2 Å². The Balaban J connectivity index is 2.41. The first kappa shape index (κ1) is 17.8. The maximum Gasteiger partial charge on any atom is 0.272 e. The average Bonchev–Trinajstić information content (AvgIpc) is 2.18. The van der Waals surface area contributed by atoms with E-state index in [0.717, 1.165) is 0 Å². The Kier molecular flexibility index (Phi) is 5.20.